The van der Waals surface area contributed by atoms with Crippen LogP contribution in [0, 0.1) is 5.92 Å². The Hall–Kier alpha value is 0.270. The molecule has 1 saturated carbocycles. The van der Waals surface area contributed by atoms with Crippen molar-refractivity contribution in [3.05, 3.63) is 0 Å². The average molecular weight is 271 g/mol. The first-order valence-corrected chi connectivity index (χ1v) is 9.13. The van der Waals surface area contributed by atoms with Crippen LogP contribution in [0.3, 0.4) is 0 Å². The van der Waals surface area contributed by atoms with E-state index in [0.29, 0.717) is 12.0 Å². The van der Waals surface area contributed by atoms with Gasteiger partial charge in [-0.1, -0.05) is 19.3 Å². The number of hydrogen-bond donors (Lipinski definition) is 1. The Morgan fingerprint density at radius 1 is 1.11 bits per heavy atom. The molecule has 3 heteroatoms. The standard InChI is InChI=1S/C15H29NOS/c1-18-12-6-11-16-10-5-4-8-14(16)13-7-2-3-9-15(13)17/h13-15,17H,2-12H2,1H3. The molecule has 0 aromatic rings. The van der Waals surface area contributed by atoms with Crippen molar-refractivity contribution in [2.24, 2.45) is 5.92 Å². The molecule has 0 bridgehead atoms. The predicted octanol–water partition coefficient (Wildman–Crippen LogP) is 3.15. The molecule has 18 heavy (non-hydrogen) atoms. The van der Waals surface area contributed by atoms with E-state index < -0.39 is 0 Å². The summed E-state index contributed by atoms with van der Waals surface area (Å²) in [5.41, 5.74) is 0. The quantitative estimate of drug-likeness (QED) is 0.777. The lowest BCUT2D eigenvalue weighted by atomic mass is 9.78. The second kappa shape index (κ2) is 7.76. The molecule has 1 heterocycles. The van der Waals surface area contributed by atoms with E-state index in [9.17, 15) is 5.11 Å². The third-order valence-corrected chi connectivity index (χ3v) is 5.43. The lowest BCUT2D eigenvalue weighted by molar-refractivity contribution is -0.00532. The van der Waals surface area contributed by atoms with Gasteiger partial charge in [0.1, 0.15) is 0 Å². The first-order chi connectivity index (χ1) is 8.83. The summed E-state index contributed by atoms with van der Waals surface area (Å²) in [5.74, 6) is 1.84. The van der Waals surface area contributed by atoms with E-state index in [-0.39, 0.29) is 6.10 Å². The van der Waals surface area contributed by atoms with E-state index in [1.54, 1.807) is 0 Å². The van der Waals surface area contributed by atoms with Crippen molar-refractivity contribution in [3.63, 3.8) is 0 Å². The SMILES string of the molecule is CSCCCN1CCCCC1C1CCCCC1O. The number of aliphatic hydroxyl groups is 1. The van der Waals surface area contributed by atoms with E-state index in [4.69, 9.17) is 0 Å². The van der Waals surface area contributed by atoms with Gasteiger partial charge in [-0.2, -0.15) is 11.8 Å². The minimum Gasteiger partial charge on any atom is -0.393 e. The van der Waals surface area contributed by atoms with Crippen LogP contribution in [0.15, 0.2) is 0 Å². The fourth-order valence-electron chi connectivity index (χ4n) is 3.78. The van der Waals surface area contributed by atoms with Crippen LogP contribution >= 0.6 is 11.8 Å². The fourth-order valence-corrected chi connectivity index (χ4v) is 4.20. The van der Waals surface area contributed by atoms with Gasteiger partial charge in [0.2, 0.25) is 0 Å². The minimum atomic E-state index is -0.0232. The third-order valence-electron chi connectivity index (χ3n) is 4.73. The van der Waals surface area contributed by atoms with Crippen molar-refractivity contribution in [1.29, 1.82) is 0 Å². The summed E-state index contributed by atoms with van der Waals surface area (Å²) < 4.78 is 0. The van der Waals surface area contributed by atoms with Crippen molar-refractivity contribution in [3.8, 4) is 0 Å². The molecule has 2 nitrogen and oxygen atoms in total. The van der Waals surface area contributed by atoms with Crippen LogP contribution in [0.2, 0.25) is 0 Å². The highest BCUT2D eigenvalue weighted by atomic mass is 32.2. The summed E-state index contributed by atoms with van der Waals surface area (Å²) in [6.45, 7) is 2.51. The Bertz CT molecular complexity index is 237. The molecule has 0 amide bonds. The normalized spacial score (nSPS) is 34.7. The molecule has 2 fully saturated rings. The molecule has 0 radical (unpaired) electrons. The van der Waals surface area contributed by atoms with Crippen LogP contribution in [0.4, 0.5) is 0 Å². The third kappa shape index (κ3) is 3.88. The molecule has 1 aliphatic carbocycles. The highest BCUT2D eigenvalue weighted by Crippen LogP contribution is 2.34. The maximum absolute atomic E-state index is 10.3. The van der Waals surface area contributed by atoms with Gasteiger partial charge in [0.05, 0.1) is 6.10 Å². The Balaban J connectivity index is 1.89. The topological polar surface area (TPSA) is 23.5 Å². The van der Waals surface area contributed by atoms with Gasteiger partial charge in [-0.15, -0.1) is 0 Å². The highest BCUT2D eigenvalue weighted by Gasteiger charge is 2.35. The lowest BCUT2D eigenvalue weighted by Crippen LogP contribution is -2.49. The molecule has 0 aromatic heterocycles. The second-order valence-electron chi connectivity index (χ2n) is 5.96. The largest absolute Gasteiger partial charge is 0.393 e. The van der Waals surface area contributed by atoms with E-state index in [1.165, 1.54) is 63.8 Å². The van der Waals surface area contributed by atoms with Gasteiger partial charge in [0.15, 0.2) is 0 Å². The zero-order valence-electron chi connectivity index (χ0n) is 11.8. The first kappa shape index (κ1) is 14.7. The van der Waals surface area contributed by atoms with E-state index in [0.717, 1.165) is 6.42 Å². The predicted molar refractivity (Wildman–Crippen MR) is 80.2 cm³/mol. The van der Waals surface area contributed by atoms with Crippen LogP contribution in [0.1, 0.15) is 51.4 Å². The van der Waals surface area contributed by atoms with E-state index in [2.05, 4.69) is 11.2 Å². The van der Waals surface area contributed by atoms with E-state index in [1.807, 2.05) is 11.8 Å². The molecule has 0 spiro atoms. The van der Waals surface area contributed by atoms with Gasteiger partial charge in [-0.3, -0.25) is 4.90 Å². The van der Waals surface area contributed by atoms with Crippen LogP contribution in [-0.4, -0.2) is 47.3 Å². The fraction of sp³-hybridized carbons (Fsp3) is 1.00. The van der Waals surface area contributed by atoms with Crippen molar-refractivity contribution >= 4 is 11.8 Å². The van der Waals surface area contributed by atoms with Crippen LogP contribution in [0.25, 0.3) is 0 Å². The Labute approximate surface area is 117 Å². The zero-order valence-corrected chi connectivity index (χ0v) is 12.6. The number of thioether (sulfide) groups is 1. The summed E-state index contributed by atoms with van der Waals surface area (Å²) in [5, 5.41) is 10.3. The molecular formula is C15H29NOS. The van der Waals surface area contributed by atoms with Crippen molar-refractivity contribution in [2.75, 3.05) is 25.1 Å². The van der Waals surface area contributed by atoms with Gasteiger partial charge >= 0.3 is 0 Å². The monoisotopic (exact) mass is 271 g/mol. The molecule has 1 N–H and O–H groups in total. The molecule has 106 valence electrons. The first-order valence-electron chi connectivity index (χ1n) is 7.74. The van der Waals surface area contributed by atoms with Gasteiger partial charge in [-0.25, -0.2) is 0 Å². The molecule has 1 aliphatic heterocycles. The molecular weight excluding hydrogens is 242 g/mol. The number of aliphatic hydroxyl groups excluding tert-OH is 1. The molecule has 2 rings (SSSR count). The number of rotatable bonds is 5. The summed E-state index contributed by atoms with van der Waals surface area (Å²) >= 11 is 1.95. The molecule has 2 aliphatic rings. The van der Waals surface area contributed by atoms with Gasteiger partial charge in [-0.05, 0) is 57.2 Å². The zero-order chi connectivity index (χ0) is 12.8. The average Bonchev–Trinajstić information content (AvgIpc) is 2.40. The lowest BCUT2D eigenvalue weighted by Gasteiger charge is -2.43. The number of hydrogen-bond acceptors (Lipinski definition) is 3. The van der Waals surface area contributed by atoms with Gasteiger partial charge in [0, 0.05) is 12.0 Å². The summed E-state index contributed by atoms with van der Waals surface area (Å²) in [6, 6.07) is 0.677. The highest BCUT2D eigenvalue weighted by molar-refractivity contribution is 7.98. The van der Waals surface area contributed by atoms with E-state index >= 15 is 0 Å². The Morgan fingerprint density at radius 3 is 2.67 bits per heavy atom. The van der Waals surface area contributed by atoms with Crippen LogP contribution in [-0.2, 0) is 0 Å². The molecule has 0 aromatic carbocycles. The van der Waals surface area contributed by atoms with Crippen LogP contribution in [0.5, 0.6) is 0 Å². The number of piperidine rings is 1. The number of nitrogens with zero attached hydrogens (tertiary/aromatic N) is 1. The summed E-state index contributed by atoms with van der Waals surface area (Å²) in [7, 11) is 0. The molecule has 1 saturated heterocycles. The van der Waals surface area contributed by atoms with Crippen molar-refractivity contribution in [1.82, 2.24) is 4.90 Å². The van der Waals surface area contributed by atoms with Crippen molar-refractivity contribution < 1.29 is 5.11 Å². The molecule has 3 atom stereocenters. The number of likely N-dealkylation sites (tertiary alicyclic amines) is 1. The summed E-state index contributed by atoms with van der Waals surface area (Å²) in [4.78, 5) is 2.69. The Morgan fingerprint density at radius 2 is 1.89 bits per heavy atom. The maximum atomic E-state index is 10.3. The van der Waals surface area contributed by atoms with Gasteiger partial charge < -0.3 is 5.11 Å². The van der Waals surface area contributed by atoms with Crippen LogP contribution < -0.4 is 0 Å². The minimum absolute atomic E-state index is 0.0232. The second-order valence-corrected chi connectivity index (χ2v) is 6.95. The molecule has 3 unspecified atom stereocenters. The maximum Gasteiger partial charge on any atom is 0.0583 e. The smallest absolute Gasteiger partial charge is 0.0583 e. The van der Waals surface area contributed by atoms with Crippen molar-refractivity contribution in [2.45, 2.75) is 63.5 Å². The Kier molecular flexibility index (Phi) is 6.33. The summed E-state index contributed by atoms with van der Waals surface area (Å²) in [6.07, 6.45) is 12.4. The van der Waals surface area contributed by atoms with Gasteiger partial charge in [0.25, 0.3) is 0 Å².